The van der Waals surface area contributed by atoms with Crippen molar-refractivity contribution in [2.75, 3.05) is 12.3 Å². The first-order valence-electron chi connectivity index (χ1n) is 7.91. The Bertz CT molecular complexity index is 955. The number of hydrogen-bond acceptors (Lipinski definition) is 6. The number of nitrogen functional groups attached to an aromatic ring is 1. The smallest absolute Gasteiger partial charge is 0.273 e. The molecule has 2 aromatic heterocycles. The molecule has 25 heavy (non-hydrogen) atoms. The molecule has 0 aliphatic heterocycles. The monoisotopic (exact) mass is 335 g/mol. The van der Waals surface area contributed by atoms with E-state index in [1.165, 1.54) is 0 Å². The number of benzene rings is 1. The van der Waals surface area contributed by atoms with Crippen molar-refractivity contribution in [2.24, 2.45) is 0 Å². The summed E-state index contributed by atoms with van der Waals surface area (Å²) >= 11 is 0. The molecule has 3 aromatic rings. The Morgan fingerprint density at radius 3 is 2.76 bits per heavy atom. The molecule has 0 spiro atoms. The Morgan fingerprint density at radius 2 is 2.00 bits per heavy atom. The van der Waals surface area contributed by atoms with E-state index in [1.54, 1.807) is 30.5 Å². The van der Waals surface area contributed by atoms with Crippen molar-refractivity contribution in [1.29, 1.82) is 0 Å². The molecule has 1 aromatic carbocycles. The van der Waals surface area contributed by atoms with Gasteiger partial charge in [0.05, 0.1) is 5.69 Å². The van der Waals surface area contributed by atoms with Gasteiger partial charge in [0, 0.05) is 29.3 Å². The molecule has 0 unspecified atom stereocenters. The van der Waals surface area contributed by atoms with Gasteiger partial charge < -0.3 is 11.1 Å². The number of nitrogens with two attached hydrogens (primary N) is 1. The SMILES string of the molecule is CCCNC(=O)c1nnc2c(-c3cccnc3C=O)cccc2c1N. The number of fused-ring (bicyclic) bond motifs is 1. The molecule has 2 heterocycles. The van der Waals surface area contributed by atoms with Crippen LogP contribution in [0.1, 0.15) is 34.3 Å². The van der Waals surface area contributed by atoms with Crippen molar-refractivity contribution in [3.8, 4) is 11.1 Å². The highest BCUT2D eigenvalue weighted by Crippen LogP contribution is 2.31. The van der Waals surface area contributed by atoms with Crippen LogP contribution in [0.3, 0.4) is 0 Å². The zero-order chi connectivity index (χ0) is 17.8. The van der Waals surface area contributed by atoms with Gasteiger partial charge in [-0.25, -0.2) is 0 Å². The van der Waals surface area contributed by atoms with Crippen LogP contribution in [-0.2, 0) is 0 Å². The number of aldehydes is 1. The highest BCUT2D eigenvalue weighted by atomic mass is 16.2. The molecule has 0 atom stereocenters. The van der Waals surface area contributed by atoms with Gasteiger partial charge in [-0.05, 0) is 12.5 Å². The number of anilines is 1. The number of carbonyl (C=O) groups excluding carboxylic acids is 2. The summed E-state index contributed by atoms with van der Waals surface area (Å²) in [7, 11) is 0. The van der Waals surface area contributed by atoms with E-state index in [-0.39, 0.29) is 17.3 Å². The molecule has 0 aliphatic rings. The van der Waals surface area contributed by atoms with Gasteiger partial charge in [0.15, 0.2) is 12.0 Å². The minimum atomic E-state index is -0.353. The van der Waals surface area contributed by atoms with Crippen molar-refractivity contribution in [3.63, 3.8) is 0 Å². The average molecular weight is 335 g/mol. The number of pyridine rings is 1. The second-order valence-corrected chi connectivity index (χ2v) is 5.47. The van der Waals surface area contributed by atoms with Crippen LogP contribution >= 0.6 is 0 Å². The quantitative estimate of drug-likeness (QED) is 0.692. The van der Waals surface area contributed by atoms with E-state index < -0.39 is 0 Å². The van der Waals surface area contributed by atoms with Crippen LogP contribution in [0.2, 0.25) is 0 Å². The van der Waals surface area contributed by atoms with Gasteiger partial charge in [-0.3, -0.25) is 14.6 Å². The maximum atomic E-state index is 12.2. The maximum absolute atomic E-state index is 12.2. The first-order valence-corrected chi connectivity index (χ1v) is 7.91. The van der Waals surface area contributed by atoms with E-state index in [4.69, 9.17) is 5.73 Å². The van der Waals surface area contributed by atoms with E-state index in [0.29, 0.717) is 40.6 Å². The van der Waals surface area contributed by atoms with Gasteiger partial charge in [-0.2, -0.15) is 0 Å². The fraction of sp³-hybridized carbons (Fsp3) is 0.167. The molecular weight excluding hydrogens is 318 g/mol. The molecule has 1 amide bonds. The molecule has 3 N–H and O–H groups in total. The molecular formula is C18H17N5O2. The summed E-state index contributed by atoms with van der Waals surface area (Å²) in [6, 6.07) is 8.91. The molecule has 3 rings (SSSR count). The largest absolute Gasteiger partial charge is 0.396 e. The molecule has 0 saturated heterocycles. The van der Waals surface area contributed by atoms with Crippen molar-refractivity contribution in [3.05, 3.63) is 47.9 Å². The minimum Gasteiger partial charge on any atom is -0.396 e. The summed E-state index contributed by atoms with van der Waals surface area (Å²) in [6.45, 7) is 2.50. The fourth-order valence-electron chi connectivity index (χ4n) is 2.60. The van der Waals surface area contributed by atoms with E-state index in [9.17, 15) is 9.59 Å². The predicted molar refractivity (Wildman–Crippen MR) is 95.2 cm³/mol. The van der Waals surface area contributed by atoms with Crippen molar-refractivity contribution in [2.45, 2.75) is 13.3 Å². The average Bonchev–Trinajstić information content (AvgIpc) is 2.66. The number of amides is 1. The zero-order valence-electron chi connectivity index (χ0n) is 13.7. The number of hydrogen-bond donors (Lipinski definition) is 2. The first-order chi connectivity index (χ1) is 12.2. The lowest BCUT2D eigenvalue weighted by molar-refractivity contribution is 0.0948. The van der Waals surface area contributed by atoms with E-state index >= 15 is 0 Å². The van der Waals surface area contributed by atoms with Crippen LogP contribution in [0.25, 0.3) is 22.0 Å². The number of aromatic nitrogens is 3. The normalized spacial score (nSPS) is 10.6. The summed E-state index contributed by atoms with van der Waals surface area (Å²) in [4.78, 5) is 27.5. The third kappa shape index (κ3) is 3.03. The summed E-state index contributed by atoms with van der Waals surface area (Å²) < 4.78 is 0. The van der Waals surface area contributed by atoms with Gasteiger partial charge in [-0.1, -0.05) is 31.2 Å². The van der Waals surface area contributed by atoms with Crippen LogP contribution in [0.4, 0.5) is 5.69 Å². The van der Waals surface area contributed by atoms with Crippen LogP contribution in [0.15, 0.2) is 36.5 Å². The predicted octanol–water partition coefficient (Wildman–Crippen LogP) is 2.23. The second-order valence-electron chi connectivity index (χ2n) is 5.47. The zero-order valence-corrected chi connectivity index (χ0v) is 13.7. The lowest BCUT2D eigenvalue weighted by Crippen LogP contribution is -2.26. The lowest BCUT2D eigenvalue weighted by Gasteiger charge is -2.11. The highest BCUT2D eigenvalue weighted by Gasteiger charge is 2.18. The minimum absolute atomic E-state index is 0.0971. The second kappa shape index (κ2) is 7.04. The van der Waals surface area contributed by atoms with Gasteiger partial charge in [0.2, 0.25) is 0 Å². The van der Waals surface area contributed by atoms with Gasteiger partial charge in [0.25, 0.3) is 5.91 Å². The molecule has 7 heteroatoms. The van der Waals surface area contributed by atoms with Gasteiger partial charge >= 0.3 is 0 Å². The molecule has 0 aliphatic carbocycles. The summed E-state index contributed by atoms with van der Waals surface area (Å²) in [5.74, 6) is -0.353. The number of rotatable bonds is 5. The number of carbonyl (C=O) groups is 2. The van der Waals surface area contributed by atoms with Crippen LogP contribution in [-0.4, -0.2) is 33.9 Å². The number of nitrogens with one attached hydrogen (secondary N) is 1. The third-order valence-electron chi connectivity index (χ3n) is 3.82. The topological polar surface area (TPSA) is 111 Å². The molecule has 0 saturated carbocycles. The van der Waals surface area contributed by atoms with E-state index in [2.05, 4.69) is 20.5 Å². The Morgan fingerprint density at radius 1 is 1.20 bits per heavy atom. The molecule has 7 nitrogen and oxygen atoms in total. The van der Waals surface area contributed by atoms with Gasteiger partial charge in [0.1, 0.15) is 11.2 Å². The van der Waals surface area contributed by atoms with Crippen LogP contribution in [0.5, 0.6) is 0 Å². The van der Waals surface area contributed by atoms with E-state index in [1.807, 2.05) is 13.0 Å². The standard InChI is InChI=1S/C18H17N5O2/c1-2-8-21-18(25)17-15(19)13-6-3-5-12(16(13)22-23-17)11-7-4-9-20-14(11)10-24/h3-7,9-10H,2,8H2,1H3,(H2,19,22)(H,21,25). The Labute approximate surface area is 144 Å². The van der Waals surface area contributed by atoms with Crippen molar-refractivity contribution in [1.82, 2.24) is 20.5 Å². The lowest BCUT2D eigenvalue weighted by atomic mass is 10.00. The summed E-state index contributed by atoms with van der Waals surface area (Å²) in [5.41, 5.74) is 8.67. The van der Waals surface area contributed by atoms with Gasteiger partial charge in [-0.15, -0.1) is 10.2 Å². The molecule has 0 bridgehead atoms. The fourth-order valence-corrected chi connectivity index (χ4v) is 2.60. The Kier molecular flexibility index (Phi) is 4.65. The van der Waals surface area contributed by atoms with Crippen molar-refractivity contribution >= 4 is 28.8 Å². The summed E-state index contributed by atoms with van der Waals surface area (Å²) in [5, 5.41) is 11.5. The highest BCUT2D eigenvalue weighted by molar-refractivity contribution is 6.08. The Balaban J connectivity index is 2.17. The van der Waals surface area contributed by atoms with Crippen molar-refractivity contribution < 1.29 is 9.59 Å². The van der Waals surface area contributed by atoms with E-state index in [0.717, 1.165) is 6.42 Å². The van der Waals surface area contributed by atoms with Crippen LogP contribution in [0, 0.1) is 0 Å². The maximum Gasteiger partial charge on any atom is 0.273 e. The van der Waals surface area contributed by atoms with Crippen LogP contribution < -0.4 is 11.1 Å². The molecule has 126 valence electrons. The summed E-state index contributed by atoms with van der Waals surface area (Å²) in [6.07, 6.45) is 3.05. The number of nitrogens with zero attached hydrogens (tertiary/aromatic N) is 3. The molecule has 0 radical (unpaired) electrons. The first kappa shape index (κ1) is 16.5. The Hall–Kier alpha value is -3.35. The third-order valence-corrected chi connectivity index (χ3v) is 3.82. The molecule has 0 fully saturated rings.